The predicted molar refractivity (Wildman–Crippen MR) is 51.6 cm³/mol. The van der Waals surface area contributed by atoms with Crippen LogP contribution in [0.1, 0.15) is 24.3 Å². The number of nitro benzene ring substituents is 1. The van der Waals surface area contributed by atoms with Gasteiger partial charge in [-0.3, -0.25) is 10.1 Å². The molecule has 5 heteroatoms. The van der Waals surface area contributed by atoms with Crippen LogP contribution in [0.2, 0.25) is 0 Å². The van der Waals surface area contributed by atoms with Crippen molar-refractivity contribution >= 4 is 5.69 Å². The fourth-order valence-corrected chi connectivity index (χ4v) is 1.58. The third kappa shape index (κ3) is 1.77. The monoisotopic (exact) mass is 211 g/mol. The van der Waals surface area contributed by atoms with Gasteiger partial charge in [-0.2, -0.15) is 4.39 Å². The zero-order valence-electron chi connectivity index (χ0n) is 8.20. The Hall–Kier alpha value is -1.65. The van der Waals surface area contributed by atoms with E-state index < -0.39 is 16.4 Å². The molecule has 0 aliphatic heterocycles. The molecule has 15 heavy (non-hydrogen) atoms. The van der Waals surface area contributed by atoms with Crippen LogP contribution >= 0.6 is 0 Å². The van der Waals surface area contributed by atoms with Gasteiger partial charge in [0.25, 0.3) is 0 Å². The normalized spacial score (nSPS) is 15.1. The van der Waals surface area contributed by atoms with Crippen molar-refractivity contribution in [3.63, 3.8) is 0 Å². The Bertz CT molecular complexity index is 415. The van der Waals surface area contributed by atoms with Gasteiger partial charge in [0, 0.05) is 0 Å². The van der Waals surface area contributed by atoms with Gasteiger partial charge in [0.2, 0.25) is 5.82 Å². The van der Waals surface area contributed by atoms with Crippen molar-refractivity contribution in [2.45, 2.75) is 18.8 Å². The number of rotatable bonds is 3. The first-order chi connectivity index (χ1) is 7.13. The summed E-state index contributed by atoms with van der Waals surface area (Å²) in [6, 6.07) is 2.79. The summed E-state index contributed by atoms with van der Waals surface area (Å²) in [5.74, 6) is -0.475. The molecule has 0 unspecified atom stereocenters. The van der Waals surface area contributed by atoms with Crippen molar-refractivity contribution < 1.29 is 14.1 Å². The maximum atomic E-state index is 13.4. The van der Waals surface area contributed by atoms with Crippen molar-refractivity contribution in [1.29, 1.82) is 0 Å². The molecule has 4 nitrogen and oxygen atoms in total. The number of nitrogens with zero attached hydrogens (tertiary/aromatic N) is 1. The number of methoxy groups -OCH3 is 1. The van der Waals surface area contributed by atoms with E-state index in [9.17, 15) is 14.5 Å². The van der Waals surface area contributed by atoms with Crippen molar-refractivity contribution in [3.8, 4) is 5.75 Å². The van der Waals surface area contributed by atoms with E-state index in [0.717, 1.165) is 18.4 Å². The second-order valence-corrected chi connectivity index (χ2v) is 3.58. The largest absolute Gasteiger partial charge is 0.490 e. The molecule has 0 amide bonds. The zero-order valence-corrected chi connectivity index (χ0v) is 8.20. The van der Waals surface area contributed by atoms with Gasteiger partial charge in [-0.25, -0.2) is 0 Å². The van der Waals surface area contributed by atoms with Gasteiger partial charge in [-0.1, -0.05) is 0 Å². The van der Waals surface area contributed by atoms with Crippen molar-refractivity contribution in [3.05, 3.63) is 33.6 Å². The molecule has 0 atom stereocenters. The summed E-state index contributed by atoms with van der Waals surface area (Å²) in [5.41, 5.74) is 0.205. The summed E-state index contributed by atoms with van der Waals surface area (Å²) in [5, 5.41) is 10.6. The lowest BCUT2D eigenvalue weighted by atomic mass is 10.1. The van der Waals surface area contributed by atoms with E-state index in [0.29, 0.717) is 5.92 Å². The van der Waals surface area contributed by atoms with Crippen LogP contribution in [-0.2, 0) is 0 Å². The van der Waals surface area contributed by atoms with Crippen LogP contribution in [0.4, 0.5) is 10.1 Å². The Morgan fingerprint density at radius 3 is 2.67 bits per heavy atom. The van der Waals surface area contributed by atoms with Crippen LogP contribution in [0.15, 0.2) is 12.1 Å². The third-order valence-electron chi connectivity index (χ3n) is 2.50. The zero-order chi connectivity index (χ0) is 11.0. The Morgan fingerprint density at radius 2 is 2.20 bits per heavy atom. The fraction of sp³-hybridized carbons (Fsp3) is 0.400. The summed E-state index contributed by atoms with van der Waals surface area (Å²) >= 11 is 0. The van der Waals surface area contributed by atoms with E-state index in [1.165, 1.54) is 13.2 Å². The fourth-order valence-electron chi connectivity index (χ4n) is 1.58. The first kappa shape index (κ1) is 9.89. The Morgan fingerprint density at radius 1 is 1.53 bits per heavy atom. The number of nitro groups is 1. The highest BCUT2D eigenvalue weighted by Crippen LogP contribution is 2.43. The lowest BCUT2D eigenvalue weighted by Gasteiger charge is -2.05. The molecule has 0 spiro atoms. The molecule has 0 N–H and O–H groups in total. The predicted octanol–water partition coefficient (Wildman–Crippen LogP) is 2.62. The smallest absolute Gasteiger partial charge is 0.346 e. The minimum absolute atomic E-state index is 0.00176. The molecule has 0 radical (unpaired) electrons. The highest BCUT2D eigenvalue weighted by molar-refractivity contribution is 5.51. The molecule has 0 saturated heterocycles. The van der Waals surface area contributed by atoms with Gasteiger partial charge in [-0.05, 0) is 36.5 Å². The van der Waals surface area contributed by atoms with E-state index in [2.05, 4.69) is 0 Å². The topological polar surface area (TPSA) is 52.4 Å². The second-order valence-electron chi connectivity index (χ2n) is 3.58. The molecule has 1 fully saturated rings. The Kier molecular flexibility index (Phi) is 2.30. The minimum Gasteiger partial charge on any atom is -0.490 e. The van der Waals surface area contributed by atoms with Crippen molar-refractivity contribution in [2.24, 2.45) is 0 Å². The lowest BCUT2D eigenvalue weighted by Crippen LogP contribution is -1.98. The Balaban J connectivity index is 2.50. The highest BCUT2D eigenvalue weighted by atomic mass is 19.1. The SMILES string of the molecule is COc1cc(C2CC2)cc(F)c1[N+](=O)[O-]. The van der Waals surface area contributed by atoms with E-state index >= 15 is 0 Å². The maximum absolute atomic E-state index is 13.4. The number of hydrogen-bond acceptors (Lipinski definition) is 3. The average molecular weight is 211 g/mol. The van der Waals surface area contributed by atoms with Crippen LogP contribution in [0, 0.1) is 15.9 Å². The molecule has 1 saturated carbocycles. The van der Waals surface area contributed by atoms with Gasteiger partial charge in [0.05, 0.1) is 12.0 Å². The summed E-state index contributed by atoms with van der Waals surface area (Å²) in [6.07, 6.45) is 2.03. The van der Waals surface area contributed by atoms with Gasteiger partial charge >= 0.3 is 5.69 Å². The van der Waals surface area contributed by atoms with Gasteiger partial charge < -0.3 is 4.74 Å². The molecule has 0 heterocycles. The van der Waals surface area contributed by atoms with E-state index in [1.807, 2.05) is 0 Å². The molecule has 0 bridgehead atoms. The van der Waals surface area contributed by atoms with Gasteiger partial charge in [-0.15, -0.1) is 0 Å². The van der Waals surface area contributed by atoms with Crippen LogP contribution < -0.4 is 4.74 Å². The molecule has 1 aliphatic rings. The summed E-state index contributed by atoms with van der Waals surface area (Å²) < 4.78 is 18.2. The van der Waals surface area contributed by atoms with E-state index in [1.54, 1.807) is 6.07 Å². The minimum atomic E-state index is -0.818. The van der Waals surface area contributed by atoms with Crippen LogP contribution in [0.25, 0.3) is 0 Å². The van der Waals surface area contributed by atoms with Crippen molar-refractivity contribution in [2.75, 3.05) is 7.11 Å². The molecule has 1 aromatic carbocycles. The lowest BCUT2D eigenvalue weighted by molar-refractivity contribution is -0.388. The standard InChI is InChI=1S/C10H10FNO3/c1-15-9-5-7(6-2-3-6)4-8(11)10(9)12(13)14/h4-6H,2-3H2,1H3. The summed E-state index contributed by atoms with van der Waals surface area (Å²) in [6.45, 7) is 0. The molecular formula is C10H10FNO3. The highest BCUT2D eigenvalue weighted by Gasteiger charge is 2.29. The second kappa shape index (κ2) is 3.49. The molecule has 0 aromatic heterocycles. The first-order valence-electron chi connectivity index (χ1n) is 4.65. The van der Waals surface area contributed by atoms with Crippen LogP contribution in [-0.4, -0.2) is 12.0 Å². The van der Waals surface area contributed by atoms with E-state index in [-0.39, 0.29) is 5.75 Å². The number of hydrogen-bond donors (Lipinski definition) is 0. The Labute approximate surface area is 85.8 Å². The van der Waals surface area contributed by atoms with E-state index in [4.69, 9.17) is 4.74 Å². The average Bonchev–Trinajstić information content (AvgIpc) is 2.98. The quantitative estimate of drug-likeness (QED) is 0.570. The molecule has 1 aliphatic carbocycles. The molecular weight excluding hydrogens is 201 g/mol. The maximum Gasteiger partial charge on any atom is 0.346 e. The van der Waals surface area contributed by atoms with Gasteiger partial charge in [0.15, 0.2) is 5.75 Å². The molecule has 80 valence electrons. The number of halogens is 1. The summed E-state index contributed by atoms with van der Waals surface area (Å²) in [4.78, 5) is 9.82. The van der Waals surface area contributed by atoms with Crippen molar-refractivity contribution in [1.82, 2.24) is 0 Å². The van der Waals surface area contributed by atoms with Gasteiger partial charge in [0.1, 0.15) is 0 Å². The number of benzene rings is 1. The first-order valence-corrected chi connectivity index (χ1v) is 4.65. The molecule has 1 aromatic rings. The number of ether oxygens (including phenoxy) is 1. The van der Waals surface area contributed by atoms with Crippen LogP contribution in [0.3, 0.4) is 0 Å². The molecule has 2 rings (SSSR count). The summed E-state index contributed by atoms with van der Waals surface area (Å²) in [7, 11) is 1.30. The van der Waals surface area contributed by atoms with Crippen LogP contribution in [0.5, 0.6) is 5.75 Å². The third-order valence-corrected chi connectivity index (χ3v) is 2.50.